The summed E-state index contributed by atoms with van der Waals surface area (Å²) in [6, 6.07) is 4.40. The van der Waals surface area contributed by atoms with Crippen LogP contribution >= 0.6 is 0 Å². The number of aryl methyl sites for hydroxylation is 2. The molecule has 0 saturated carbocycles. The molecule has 0 bridgehead atoms. The number of fused-ring (bicyclic) bond motifs is 1. The van der Waals surface area contributed by atoms with E-state index in [0.717, 1.165) is 12.0 Å². The lowest BCUT2D eigenvalue weighted by molar-refractivity contribution is 0.0851. The van der Waals surface area contributed by atoms with Gasteiger partial charge in [0.15, 0.2) is 0 Å². The summed E-state index contributed by atoms with van der Waals surface area (Å²) >= 11 is 0. The van der Waals surface area contributed by atoms with Crippen molar-refractivity contribution in [3.8, 4) is 0 Å². The first kappa shape index (κ1) is 14.8. The van der Waals surface area contributed by atoms with Gasteiger partial charge in [-0.2, -0.15) is 9.78 Å². The Morgan fingerprint density at radius 1 is 1.27 bits per heavy atom. The van der Waals surface area contributed by atoms with Gasteiger partial charge in [-0.15, -0.1) is 0 Å². The number of hydrogen-bond donors (Lipinski definition) is 0. The summed E-state index contributed by atoms with van der Waals surface area (Å²) in [6.07, 6.45) is 8.05. The molecule has 1 aromatic carbocycles. The Kier molecular flexibility index (Phi) is 4.22. The van der Waals surface area contributed by atoms with Gasteiger partial charge >= 0.3 is 0 Å². The highest BCUT2D eigenvalue weighted by Gasteiger charge is 2.16. The molecule has 0 radical (unpaired) electrons. The van der Waals surface area contributed by atoms with Crippen LogP contribution in [0.5, 0.6) is 0 Å². The van der Waals surface area contributed by atoms with Gasteiger partial charge in [0.2, 0.25) is 5.84 Å². The Labute approximate surface area is 131 Å². The van der Waals surface area contributed by atoms with E-state index in [-0.39, 0.29) is 6.10 Å². The lowest BCUT2D eigenvalue weighted by Gasteiger charge is -2.20. The molecule has 0 atom stereocenters. The van der Waals surface area contributed by atoms with Gasteiger partial charge in [-0.25, -0.2) is 4.98 Å². The molecule has 0 unspecified atom stereocenters. The largest absolute Gasteiger partial charge is 0.391 e. The molecule has 1 heterocycles. The van der Waals surface area contributed by atoms with Crippen molar-refractivity contribution >= 4 is 5.84 Å². The highest BCUT2D eigenvalue weighted by atomic mass is 16.6. The number of oxime groups is 1. The molecule has 1 aromatic heterocycles. The standard InChI is InChI=1S/C17H22N4O/c1-12(2)22-20-17(21-11-18-10-19-21)15-8-13(3)16-7-5-4-6-14(16)9-15/h8-12H,4-7H2,1-3H3/b20-17-. The molecule has 5 heteroatoms. The highest BCUT2D eigenvalue weighted by molar-refractivity contribution is 5.99. The van der Waals surface area contributed by atoms with Crippen LogP contribution in [0.2, 0.25) is 0 Å². The second-order valence-corrected chi connectivity index (χ2v) is 6.05. The Morgan fingerprint density at radius 2 is 2.09 bits per heavy atom. The topological polar surface area (TPSA) is 52.3 Å². The van der Waals surface area contributed by atoms with E-state index in [0.29, 0.717) is 5.84 Å². The first-order valence-electron chi connectivity index (χ1n) is 7.86. The monoisotopic (exact) mass is 298 g/mol. The second kappa shape index (κ2) is 6.30. The maximum absolute atomic E-state index is 5.47. The van der Waals surface area contributed by atoms with Crippen molar-refractivity contribution in [3.05, 3.63) is 47.0 Å². The van der Waals surface area contributed by atoms with Crippen molar-refractivity contribution in [1.29, 1.82) is 0 Å². The van der Waals surface area contributed by atoms with E-state index < -0.39 is 0 Å². The molecule has 5 nitrogen and oxygen atoms in total. The van der Waals surface area contributed by atoms with Crippen LogP contribution in [0, 0.1) is 6.92 Å². The van der Waals surface area contributed by atoms with E-state index in [1.165, 1.54) is 42.3 Å². The van der Waals surface area contributed by atoms with E-state index in [2.05, 4.69) is 34.3 Å². The van der Waals surface area contributed by atoms with Crippen LogP contribution in [-0.2, 0) is 17.7 Å². The molecule has 116 valence electrons. The normalized spacial score (nSPS) is 15.0. The molecule has 22 heavy (non-hydrogen) atoms. The van der Waals surface area contributed by atoms with Crippen LogP contribution in [0.3, 0.4) is 0 Å². The molecule has 2 aromatic rings. The third kappa shape index (κ3) is 3.03. The average Bonchev–Trinajstić information content (AvgIpc) is 3.01. The minimum Gasteiger partial charge on any atom is -0.391 e. The summed E-state index contributed by atoms with van der Waals surface area (Å²) in [4.78, 5) is 9.49. The van der Waals surface area contributed by atoms with Crippen LogP contribution in [0.4, 0.5) is 0 Å². The van der Waals surface area contributed by atoms with Crippen molar-refractivity contribution in [3.63, 3.8) is 0 Å². The fraction of sp³-hybridized carbons (Fsp3) is 0.471. The zero-order valence-corrected chi connectivity index (χ0v) is 13.4. The zero-order valence-electron chi connectivity index (χ0n) is 13.4. The van der Waals surface area contributed by atoms with Gasteiger partial charge in [-0.1, -0.05) is 5.16 Å². The van der Waals surface area contributed by atoms with Crippen molar-refractivity contribution in [1.82, 2.24) is 14.8 Å². The summed E-state index contributed by atoms with van der Waals surface area (Å²) in [5, 5.41) is 8.51. The minimum atomic E-state index is 0.0252. The van der Waals surface area contributed by atoms with E-state index in [4.69, 9.17) is 4.84 Å². The lowest BCUT2D eigenvalue weighted by atomic mass is 9.87. The smallest absolute Gasteiger partial charge is 0.201 e. The Hall–Kier alpha value is -2.17. The third-order valence-electron chi connectivity index (χ3n) is 3.93. The number of hydrogen-bond acceptors (Lipinski definition) is 4. The van der Waals surface area contributed by atoms with Gasteiger partial charge in [-0.05, 0) is 75.3 Å². The molecular formula is C17H22N4O. The molecule has 0 saturated heterocycles. The van der Waals surface area contributed by atoms with Crippen LogP contribution in [0.15, 0.2) is 29.9 Å². The van der Waals surface area contributed by atoms with Crippen LogP contribution in [0.25, 0.3) is 0 Å². The number of benzene rings is 1. The lowest BCUT2D eigenvalue weighted by Crippen LogP contribution is -2.18. The van der Waals surface area contributed by atoms with E-state index in [9.17, 15) is 0 Å². The molecule has 3 rings (SSSR count). The van der Waals surface area contributed by atoms with Gasteiger partial charge in [0.25, 0.3) is 0 Å². The SMILES string of the molecule is Cc1cc(/C(=N/OC(C)C)n2cncn2)cc2c1CCCC2. The molecule has 0 aliphatic heterocycles. The van der Waals surface area contributed by atoms with E-state index in [1.54, 1.807) is 11.0 Å². The van der Waals surface area contributed by atoms with Crippen molar-refractivity contribution in [2.24, 2.45) is 5.16 Å². The number of rotatable bonds is 3. The fourth-order valence-corrected chi connectivity index (χ4v) is 2.92. The fourth-order valence-electron chi connectivity index (χ4n) is 2.92. The second-order valence-electron chi connectivity index (χ2n) is 6.05. The zero-order chi connectivity index (χ0) is 15.5. The molecule has 0 N–H and O–H groups in total. The average molecular weight is 298 g/mol. The molecular weight excluding hydrogens is 276 g/mol. The van der Waals surface area contributed by atoms with Crippen molar-refractivity contribution in [2.45, 2.75) is 52.6 Å². The van der Waals surface area contributed by atoms with Gasteiger partial charge in [0.1, 0.15) is 18.8 Å². The summed E-state index contributed by atoms with van der Waals surface area (Å²) < 4.78 is 1.66. The van der Waals surface area contributed by atoms with Gasteiger partial charge < -0.3 is 4.84 Å². The predicted octanol–water partition coefficient (Wildman–Crippen LogP) is 3.10. The van der Waals surface area contributed by atoms with Crippen LogP contribution in [0.1, 0.15) is 48.9 Å². The minimum absolute atomic E-state index is 0.0252. The van der Waals surface area contributed by atoms with Crippen LogP contribution in [-0.4, -0.2) is 26.7 Å². The first-order chi connectivity index (χ1) is 10.6. The van der Waals surface area contributed by atoms with E-state index in [1.807, 2.05) is 13.8 Å². The summed E-state index contributed by atoms with van der Waals surface area (Å²) in [6.45, 7) is 6.09. The van der Waals surface area contributed by atoms with Gasteiger partial charge in [0, 0.05) is 5.56 Å². The van der Waals surface area contributed by atoms with Gasteiger partial charge in [-0.3, -0.25) is 0 Å². The number of nitrogens with zero attached hydrogens (tertiary/aromatic N) is 4. The maximum atomic E-state index is 5.47. The number of aromatic nitrogens is 3. The molecule has 0 fully saturated rings. The Bertz CT molecular complexity index is 674. The van der Waals surface area contributed by atoms with Crippen LogP contribution < -0.4 is 0 Å². The summed E-state index contributed by atoms with van der Waals surface area (Å²) in [7, 11) is 0. The van der Waals surface area contributed by atoms with Crippen molar-refractivity contribution in [2.75, 3.05) is 0 Å². The molecule has 1 aliphatic rings. The summed E-state index contributed by atoms with van der Waals surface area (Å²) in [5.41, 5.74) is 5.28. The quantitative estimate of drug-likeness (QED) is 0.497. The Balaban J connectivity index is 2.05. The third-order valence-corrected chi connectivity index (χ3v) is 3.93. The maximum Gasteiger partial charge on any atom is 0.201 e. The summed E-state index contributed by atoms with van der Waals surface area (Å²) in [5.74, 6) is 0.683. The first-order valence-corrected chi connectivity index (χ1v) is 7.86. The van der Waals surface area contributed by atoms with Gasteiger partial charge in [0.05, 0.1) is 0 Å². The molecule has 0 amide bonds. The Morgan fingerprint density at radius 3 is 2.82 bits per heavy atom. The highest BCUT2D eigenvalue weighted by Crippen LogP contribution is 2.26. The molecule has 1 aliphatic carbocycles. The van der Waals surface area contributed by atoms with Crippen molar-refractivity contribution < 1.29 is 4.84 Å². The van der Waals surface area contributed by atoms with E-state index >= 15 is 0 Å². The predicted molar refractivity (Wildman–Crippen MR) is 86.0 cm³/mol. The molecule has 0 spiro atoms.